The van der Waals surface area contributed by atoms with Crippen LogP contribution in [-0.2, 0) is 33.3 Å². The molecule has 0 spiro atoms. The van der Waals surface area contributed by atoms with Gasteiger partial charge in [-0.25, -0.2) is 0 Å². The van der Waals surface area contributed by atoms with Crippen LogP contribution in [0.2, 0.25) is 0 Å². The number of ether oxygens (including phenoxy) is 4. The van der Waals surface area contributed by atoms with E-state index in [1.165, 1.54) is 0 Å². The van der Waals surface area contributed by atoms with Crippen LogP contribution >= 0.6 is 11.8 Å². The standard InChI is InChI=1S/C26H47NO7S/c1-18(2)24(28)8-10-31-14-21(15-32-11-9-25(29)19(3)4)27(7)26(30)16-33-22-12-23(13-22)34-17-35-20(5)6/h18-23H,8-17H2,1-7H3. The van der Waals surface area contributed by atoms with Gasteiger partial charge in [-0.3, -0.25) is 14.4 Å². The molecule has 1 saturated carbocycles. The van der Waals surface area contributed by atoms with Gasteiger partial charge in [0, 0.05) is 49.8 Å². The molecule has 0 atom stereocenters. The molecule has 0 aliphatic heterocycles. The minimum atomic E-state index is -0.333. The fraction of sp³-hybridized carbons (Fsp3) is 0.885. The van der Waals surface area contributed by atoms with Gasteiger partial charge in [0.25, 0.3) is 0 Å². The minimum absolute atomic E-state index is 0.0111. The predicted molar refractivity (Wildman–Crippen MR) is 139 cm³/mol. The van der Waals surface area contributed by atoms with Crippen molar-refractivity contribution in [1.29, 1.82) is 0 Å². The number of carbonyl (C=O) groups is 3. The second-order valence-electron chi connectivity index (χ2n) is 10.1. The summed E-state index contributed by atoms with van der Waals surface area (Å²) < 4.78 is 23.0. The number of ketones is 2. The monoisotopic (exact) mass is 517 g/mol. The lowest BCUT2D eigenvalue weighted by atomic mass is 9.92. The van der Waals surface area contributed by atoms with E-state index in [0.29, 0.717) is 37.2 Å². The van der Waals surface area contributed by atoms with E-state index in [1.54, 1.807) is 23.7 Å². The molecule has 204 valence electrons. The van der Waals surface area contributed by atoms with Crippen molar-refractivity contribution in [3.63, 3.8) is 0 Å². The number of Topliss-reactive ketones (excluding diaryl/α,β-unsaturated/α-hetero) is 2. The van der Waals surface area contributed by atoms with Crippen molar-refractivity contribution in [2.45, 2.75) is 90.7 Å². The average molecular weight is 518 g/mol. The van der Waals surface area contributed by atoms with E-state index < -0.39 is 0 Å². The normalized spacial score (nSPS) is 17.9. The van der Waals surface area contributed by atoms with Gasteiger partial charge in [0.2, 0.25) is 5.91 Å². The first-order chi connectivity index (χ1) is 16.5. The van der Waals surface area contributed by atoms with Crippen LogP contribution in [0, 0.1) is 11.8 Å². The van der Waals surface area contributed by atoms with Crippen LogP contribution in [0.25, 0.3) is 0 Å². The smallest absolute Gasteiger partial charge is 0.248 e. The summed E-state index contributed by atoms with van der Waals surface area (Å²) >= 11 is 1.77. The van der Waals surface area contributed by atoms with Gasteiger partial charge >= 0.3 is 0 Å². The molecule has 0 radical (unpaired) electrons. The van der Waals surface area contributed by atoms with Crippen molar-refractivity contribution >= 4 is 29.2 Å². The van der Waals surface area contributed by atoms with Crippen molar-refractivity contribution in [2.75, 3.05) is 46.0 Å². The van der Waals surface area contributed by atoms with Crippen LogP contribution in [0.1, 0.15) is 67.2 Å². The number of thioether (sulfide) groups is 1. The van der Waals surface area contributed by atoms with E-state index in [9.17, 15) is 14.4 Å². The Morgan fingerprint density at radius 1 is 0.829 bits per heavy atom. The van der Waals surface area contributed by atoms with Gasteiger partial charge in [0.1, 0.15) is 18.2 Å². The molecule has 1 aliphatic carbocycles. The van der Waals surface area contributed by atoms with Crippen LogP contribution in [0.4, 0.5) is 0 Å². The Bertz CT molecular complexity index is 607. The zero-order valence-electron chi connectivity index (χ0n) is 22.7. The molecule has 0 aromatic rings. The van der Waals surface area contributed by atoms with E-state index in [2.05, 4.69) is 13.8 Å². The maximum Gasteiger partial charge on any atom is 0.248 e. The Labute approximate surface area is 216 Å². The molecular formula is C26H47NO7S. The molecule has 35 heavy (non-hydrogen) atoms. The van der Waals surface area contributed by atoms with Crippen LogP contribution in [0.15, 0.2) is 0 Å². The molecule has 8 nitrogen and oxygen atoms in total. The summed E-state index contributed by atoms with van der Waals surface area (Å²) in [4.78, 5) is 38.0. The van der Waals surface area contributed by atoms with Gasteiger partial charge in [0.05, 0.1) is 50.6 Å². The summed E-state index contributed by atoms with van der Waals surface area (Å²) in [7, 11) is 1.71. The Morgan fingerprint density at radius 2 is 1.31 bits per heavy atom. The number of rotatable bonds is 20. The number of hydrogen-bond acceptors (Lipinski definition) is 8. The Hall–Kier alpha value is -1.00. The minimum Gasteiger partial charge on any atom is -0.379 e. The average Bonchev–Trinajstić information content (AvgIpc) is 2.77. The zero-order chi connectivity index (χ0) is 26.4. The first kappa shape index (κ1) is 32.0. The quantitative estimate of drug-likeness (QED) is 0.178. The Balaban J connectivity index is 2.43. The van der Waals surface area contributed by atoms with Gasteiger partial charge in [0.15, 0.2) is 0 Å². The highest BCUT2D eigenvalue weighted by molar-refractivity contribution is 7.99. The lowest BCUT2D eigenvalue weighted by Gasteiger charge is -2.35. The van der Waals surface area contributed by atoms with Crippen molar-refractivity contribution in [3.05, 3.63) is 0 Å². The second-order valence-corrected chi connectivity index (χ2v) is 11.6. The molecule has 0 aromatic carbocycles. The summed E-state index contributed by atoms with van der Waals surface area (Å²) in [6.07, 6.45) is 2.54. The summed E-state index contributed by atoms with van der Waals surface area (Å²) in [6.45, 7) is 12.8. The van der Waals surface area contributed by atoms with Gasteiger partial charge < -0.3 is 23.8 Å². The number of nitrogens with zero attached hydrogens (tertiary/aromatic N) is 1. The predicted octanol–water partition coefficient (Wildman–Crippen LogP) is 3.74. The summed E-state index contributed by atoms with van der Waals surface area (Å²) in [5.41, 5.74) is 0. The van der Waals surface area contributed by atoms with Crippen molar-refractivity contribution in [3.8, 4) is 0 Å². The highest BCUT2D eigenvalue weighted by atomic mass is 32.2. The first-order valence-corrected chi connectivity index (χ1v) is 13.9. The third-order valence-corrected chi connectivity index (χ3v) is 6.97. The van der Waals surface area contributed by atoms with Crippen LogP contribution in [0.5, 0.6) is 0 Å². The summed E-state index contributed by atoms with van der Waals surface area (Å²) in [5, 5.41) is 0.544. The maximum absolute atomic E-state index is 12.8. The van der Waals surface area contributed by atoms with Crippen LogP contribution < -0.4 is 0 Å². The van der Waals surface area contributed by atoms with E-state index in [-0.39, 0.29) is 67.4 Å². The maximum atomic E-state index is 12.8. The van der Waals surface area contributed by atoms with Crippen molar-refractivity contribution in [2.24, 2.45) is 11.8 Å². The fourth-order valence-electron chi connectivity index (χ4n) is 3.19. The van der Waals surface area contributed by atoms with E-state index in [1.807, 2.05) is 27.7 Å². The van der Waals surface area contributed by atoms with Crippen molar-refractivity contribution < 1.29 is 33.3 Å². The van der Waals surface area contributed by atoms with Crippen LogP contribution in [0.3, 0.4) is 0 Å². The van der Waals surface area contributed by atoms with Crippen LogP contribution in [-0.4, -0.2) is 91.9 Å². The summed E-state index contributed by atoms with van der Waals surface area (Å²) in [5.74, 6) is 0.774. The number of carbonyl (C=O) groups excluding carboxylic acids is 3. The molecule has 0 N–H and O–H groups in total. The lowest BCUT2D eigenvalue weighted by molar-refractivity contribution is -0.149. The molecule has 1 aliphatic rings. The highest BCUT2D eigenvalue weighted by Crippen LogP contribution is 2.27. The fourth-order valence-corrected chi connectivity index (χ4v) is 3.73. The number of amides is 1. The molecule has 1 fully saturated rings. The van der Waals surface area contributed by atoms with E-state index >= 15 is 0 Å². The molecule has 1 amide bonds. The molecule has 0 saturated heterocycles. The van der Waals surface area contributed by atoms with E-state index in [4.69, 9.17) is 18.9 Å². The molecule has 0 unspecified atom stereocenters. The Morgan fingerprint density at radius 3 is 1.77 bits per heavy atom. The largest absolute Gasteiger partial charge is 0.379 e. The molecule has 0 bridgehead atoms. The first-order valence-electron chi connectivity index (χ1n) is 12.8. The van der Waals surface area contributed by atoms with Gasteiger partial charge in [-0.1, -0.05) is 41.5 Å². The Kier molecular flexibility index (Phi) is 16.0. The molecular weight excluding hydrogens is 470 g/mol. The third kappa shape index (κ3) is 13.8. The topological polar surface area (TPSA) is 91.4 Å². The molecule has 9 heteroatoms. The SMILES string of the molecule is CC(C)SCOC1CC(OCC(=O)N(C)C(COCCC(=O)C(C)C)COCCC(=O)C(C)C)C1. The number of likely N-dealkylation sites (N-methyl/N-ethyl adjacent to an activating group) is 1. The highest BCUT2D eigenvalue weighted by Gasteiger charge is 2.32. The second kappa shape index (κ2) is 17.5. The molecule has 1 rings (SSSR count). The zero-order valence-corrected chi connectivity index (χ0v) is 23.6. The van der Waals surface area contributed by atoms with Crippen molar-refractivity contribution in [1.82, 2.24) is 4.90 Å². The molecule has 0 heterocycles. The van der Waals surface area contributed by atoms with Gasteiger partial charge in [-0.05, 0) is 0 Å². The molecule has 0 aromatic heterocycles. The summed E-state index contributed by atoms with van der Waals surface area (Å²) in [6, 6.07) is -0.333. The lowest BCUT2D eigenvalue weighted by Crippen LogP contribution is -2.46. The number of hydrogen-bond donors (Lipinski definition) is 0. The van der Waals surface area contributed by atoms with Gasteiger partial charge in [-0.2, -0.15) is 0 Å². The third-order valence-electron chi connectivity index (χ3n) is 6.03. The van der Waals surface area contributed by atoms with E-state index in [0.717, 1.165) is 12.8 Å². The van der Waals surface area contributed by atoms with Gasteiger partial charge in [-0.15, -0.1) is 11.8 Å².